The summed E-state index contributed by atoms with van der Waals surface area (Å²) in [6.07, 6.45) is 0. The first-order valence-electron chi connectivity index (χ1n) is 6.03. The number of carbonyl (C=O) groups is 2. The lowest BCUT2D eigenvalue weighted by atomic mass is 9.92. The van der Waals surface area contributed by atoms with Crippen molar-refractivity contribution in [3.63, 3.8) is 0 Å². The molecule has 1 heterocycles. The summed E-state index contributed by atoms with van der Waals surface area (Å²) in [6, 6.07) is 3.44. The first-order chi connectivity index (χ1) is 10.2. The molecule has 1 aromatic carbocycles. The van der Waals surface area contributed by atoms with Gasteiger partial charge in [0.1, 0.15) is 22.8 Å². The van der Waals surface area contributed by atoms with Gasteiger partial charge >= 0.3 is 11.9 Å². The highest BCUT2D eigenvalue weighted by Crippen LogP contribution is 2.31. The van der Waals surface area contributed by atoms with Crippen LogP contribution in [-0.4, -0.2) is 27.1 Å². The number of H-pyrrole nitrogens is 1. The van der Waals surface area contributed by atoms with E-state index >= 15 is 0 Å². The summed E-state index contributed by atoms with van der Waals surface area (Å²) in [5.74, 6) is -4.37. The van der Waals surface area contributed by atoms with E-state index in [1.165, 1.54) is 13.0 Å². The van der Waals surface area contributed by atoms with Crippen LogP contribution in [0.15, 0.2) is 23.0 Å². The molecule has 114 valence electrons. The zero-order chi connectivity index (χ0) is 16.6. The van der Waals surface area contributed by atoms with Gasteiger partial charge in [0, 0.05) is 5.56 Å². The number of carboxylic acids is 2. The van der Waals surface area contributed by atoms with Gasteiger partial charge in [0.05, 0.1) is 0 Å². The summed E-state index contributed by atoms with van der Waals surface area (Å²) in [5, 5.41) is 18.5. The molecule has 0 bridgehead atoms. The van der Waals surface area contributed by atoms with E-state index in [1.807, 2.05) is 4.98 Å². The Hall–Kier alpha value is -3.16. The van der Waals surface area contributed by atoms with Crippen molar-refractivity contribution in [2.24, 2.45) is 0 Å². The number of nitrogen functional groups attached to an aromatic ring is 1. The van der Waals surface area contributed by atoms with Crippen molar-refractivity contribution in [2.75, 3.05) is 5.73 Å². The molecule has 0 amide bonds. The SMILES string of the molecule is Cc1ccc(F)cc1-c1c(C(=O)O)c(N)[nH]c(=O)c1C(=O)O. The van der Waals surface area contributed by atoms with Crippen molar-refractivity contribution in [3.8, 4) is 11.1 Å². The second-order valence-electron chi connectivity index (χ2n) is 4.56. The normalized spacial score (nSPS) is 10.5. The van der Waals surface area contributed by atoms with Crippen molar-refractivity contribution in [2.45, 2.75) is 6.92 Å². The zero-order valence-electron chi connectivity index (χ0n) is 11.3. The number of pyridine rings is 1. The molecule has 5 N–H and O–H groups in total. The van der Waals surface area contributed by atoms with Gasteiger partial charge in [-0.25, -0.2) is 14.0 Å². The number of aromatic carboxylic acids is 2. The monoisotopic (exact) mass is 306 g/mol. The van der Waals surface area contributed by atoms with Gasteiger partial charge < -0.3 is 20.9 Å². The third kappa shape index (κ3) is 2.41. The van der Waals surface area contributed by atoms with Gasteiger partial charge in [-0.3, -0.25) is 4.79 Å². The molecule has 0 saturated heterocycles. The van der Waals surface area contributed by atoms with Crippen LogP contribution in [0, 0.1) is 12.7 Å². The molecule has 2 aromatic rings. The first-order valence-corrected chi connectivity index (χ1v) is 6.03. The average Bonchev–Trinajstić information content (AvgIpc) is 2.39. The summed E-state index contributed by atoms with van der Waals surface area (Å²) >= 11 is 0. The molecule has 7 nitrogen and oxygen atoms in total. The number of aromatic amines is 1. The number of nitrogens with two attached hydrogens (primary N) is 1. The minimum Gasteiger partial charge on any atom is -0.478 e. The summed E-state index contributed by atoms with van der Waals surface area (Å²) in [4.78, 5) is 36.6. The summed E-state index contributed by atoms with van der Waals surface area (Å²) in [6.45, 7) is 1.53. The minimum atomic E-state index is -1.64. The van der Waals surface area contributed by atoms with Crippen LogP contribution in [0.4, 0.5) is 10.2 Å². The Bertz CT molecular complexity index is 857. The van der Waals surface area contributed by atoms with Crippen molar-refractivity contribution < 1.29 is 24.2 Å². The van der Waals surface area contributed by atoms with Crippen molar-refractivity contribution in [1.82, 2.24) is 4.98 Å². The van der Waals surface area contributed by atoms with Crippen LogP contribution in [0.25, 0.3) is 11.1 Å². The number of aromatic nitrogens is 1. The van der Waals surface area contributed by atoms with Crippen LogP contribution in [0.2, 0.25) is 0 Å². The Morgan fingerprint density at radius 1 is 1.18 bits per heavy atom. The van der Waals surface area contributed by atoms with Crippen molar-refractivity contribution in [3.05, 3.63) is 51.1 Å². The Balaban J connectivity index is 3.06. The molecule has 0 spiro atoms. The lowest BCUT2D eigenvalue weighted by Gasteiger charge is -2.14. The number of carboxylic acid groups (broad SMARTS) is 2. The van der Waals surface area contributed by atoms with Crippen LogP contribution < -0.4 is 11.3 Å². The fourth-order valence-corrected chi connectivity index (χ4v) is 2.18. The molecule has 0 radical (unpaired) electrons. The molecule has 8 heteroatoms. The van der Waals surface area contributed by atoms with Gasteiger partial charge in [-0.15, -0.1) is 0 Å². The number of benzene rings is 1. The highest BCUT2D eigenvalue weighted by Gasteiger charge is 2.27. The third-order valence-corrected chi connectivity index (χ3v) is 3.14. The Morgan fingerprint density at radius 2 is 1.77 bits per heavy atom. The summed E-state index contributed by atoms with van der Waals surface area (Å²) in [5.41, 5.74) is 3.00. The highest BCUT2D eigenvalue weighted by atomic mass is 19.1. The lowest BCUT2D eigenvalue weighted by molar-refractivity contribution is 0.0695. The molecule has 0 saturated carbocycles. The predicted octanol–water partition coefficient (Wildman–Crippen LogP) is 1.47. The van der Waals surface area contributed by atoms with Crippen molar-refractivity contribution >= 4 is 17.8 Å². The summed E-state index contributed by atoms with van der Waals surface area (Å²) < 4.78 is 13.5. The maximum atomic E-state index is 13.5. The van der Waals surface area contributed by atoms with E-state index in [0.717, 1.165) is 12.1 Å². The Labute approximate surface area is 122 Å². The van der Waals surface area contributed by atoms with E-state index in [9.17, 15) is 29.0 Å². The number of hydrogen-bond donors (Lipinski definition) is 4. The molecule has 22 heavy (non-hydrogen) atoms. The molecule has 2 rings (SSSR count). The number of hydrogen-bond acceptors (Lipinski definition) is 4. The molecule has 0 fully saturated rings. The third-order valence-electron chi connectivity index (χ3n) is 3.14. The zero-order valence-corrected chi connectivity index (χ0v) is 11.3. The predicted molar refractivity (Wildman–Crippen MR) is 75.5 cm³/mol. The quantitative estimate of drug-likeness (QED) is 0.678. The van der Waals surface area contributed by atoms with E-state index in [0.29, 0.717) is 5.56 Å². The molecular weight excluding hydrogens is 295 g/mol. The molecule has 0 aliphatic carbocycles. The van der Waals surface area contributed by atoms with Crippen LogP contribution in [-0.2, 0) is 0 Å². The largest absolute Gasteiger partial charge is 0.478 e. The fourth-order valence-electron chi connectivity index (χ4n) is 2.18. The van der Waals surface area contributed by atoms with Gasteiger partial charge in [0.25, 0.3) is 5.56 Å². The van der Waals surface area contributed by atoms with Crippen molar-refractivity contribution in [1.29, 1.82) is 0 Å². The first kappa shape index (κ1) is 15.2. The van der Waals surface area contributed by atoms with Crippen LogP contribution in [0.5, 0.6) is 0 Å². The van der Waals surface area contributed by atoms with Crippen LogP contribution in [0.1, 0.15) is 26.3 Å². The van der Waals surface area contributed by atoms with E-state index in [2.05, 4.69) is 0 Å². The van der Waals surface area contributed by atoms with E-state index in [4.69, 9.17) is 5.73 Å². The van der Waals surface area contributed by atoms with Gasteiger partial charge in [0.2, 0.25) is 0 Å². The molecule has 0 atom stereocenters. The molecular formula is C14H11FN2O5. The standard InChI is InChI=1S/C14H11FN2O5/c1-5-2-3-6(15)4-7(5)8-9(13(19)20)11(16)17-12(18)10(8)14(21)22/h2-4H,1H3,(H,19,20)(H,21,22)(H3,16,17,18). The van der Waals surface area contributed by atoms with E-state index < -0.39 is 45.8 Å². The number of anilines is 1. The average molecular weight is 306 g/mol. The molecule has 0 unspecified atom stereocenters. The minimum absolute atomic E-state index is 0.0207. The lowest BCUT2D eigenvalue weighted by Crippen LogP contribution is -2.24. The van der Waals surface area contributed by atoms with E-state index in [-0.39, 0.29) is 5.56 Å². The second kappa shape index (κ2) is 5.32. The molecule has 1 aromatic heterocycles. The van der Waals surface area contributed by atoms with Crippen LogP contribution in [0.3, 0.4) is 0 Å². The Kier molecular flexibility index (Phi) is 3.68. The Morgan fingerprint density at radius 3 is 2.32 bits per heavy atom. The van der Waals surface area contributed by atoms with Gasteiger partial charge in [-0.2, -0.15) is 0 Å². The topological polar surface area (TPSA) is 133 Å². The van der Waals surface area contributed by atoms with Gasteiger partial charge in [-0.05, 0) is 30.2 Å². The molecule has 0 aliphatic rings. The number of halogens is 1. The number of aryl methyl sites for hydroxylation is 1. The maximum absolute atomic E-state index is 13.5. The van der Waals surface area contributed by atoms with Crippen LogP contribution >= 0.6 is 0 Å². The molecule has 0 aliphatic heterocycles. The van der Waals surface area contributed by atoms with Gasteiger partial charge in [-0.1, -0.05) is 6.07 Å². The maximum Gasteiger partial charge on any atom is 0.342 e. The fraction of sp³-hybridized carbons (Fsp3) is 0.0714. The summed E-state index contributed by atoms with van der Waals surface area (Å²) in [7, 11) is 0. The second-order valence-corrected chi connectivity index (χ2v) is 4.56. The smallest absolute Gasteiger partial charge is 0.342 e. The number of rotatable bonds is 3. The highest BCUT2D eigenvalue weighted by molar-refractivity contribution is 6.07. The number of nitrogens with one attached hydrogen (secondary N) is 1. The van der Waals surface area contributed by atoms with E-state index in [1.54, 1.807) is 0 Å². The van der Waals surface area contributed by atoms with Gasteiger partial charge in [0.15, 0.2) is 0 Å².